The Balaban J connectivity index is 1.69. The van der Waals surface area contributed by atoms with Crippen molar-refractivity contribution in [3.8, 4) is 5.75 Å². The van der Waals surface area contributed by atoms with Gasteiger partial charge in [-0.15, -0.1) is 0 Å². The van der Waals surface area contributed by atoms with Gasteiger partial charge in [-0.3, -0.25) is 14.5 Å². The average molecular weight is 425 g/mol. The van der Waals surface area contributed by atoms with Gasteiger partial charge in [0.15, 0.2) is 0 Å². The minimum Gasteiger partial charge on any atom is -0.497 e. The number of nitrogens with zero attached hydrogens (tertiary/aromatic N) is 1. The number of hydrogen-bond donors (Lipinski definition) is 3. The van der Waals surface area contributed by atoms with Crippen molar-refractivity contribution < 1.29 is 19.1 Å². The maximum Gasteiger partial charge on any atom is 0.323 e. The van der Waals surface area contributed by atoms with Gasteiger partial charge in [-0.1, -0.05) is 38.1 Å². The lowest BCUT2D eigenvalue weighted by Crippen LogP contribution is -2.54. The number of carbonyl (C=O) groups excluding carboxylic acids is 3. The van der Waals surface area contributed by atoms with Crippen molar-refractivity contribution in [3.05, 3.63) is 54.1 Å². The second kappa shape index (κ2) is 9.97. The third-order valence-corrected chi connectivity index (χ3v) is 4.94. The third kappa shape index (κ3) is 5.75. The van der Waals surface area contributed by atoms with E-state index >= 15 is 0 Å². The van der Waals surface area contributed by atoms with Gasteiger partial charge < -0.3 is 20.7 Å². The number of para-hydroxylation sites is 2. The lowest BCUT2D eigenvalue weighted by Gasteiger charge is -2.31. The minimum atomic E-state index is -0.727. The molecule has 1 unspecified atom stereocenters. The normalized spacial score (nSPS) is 13.8. The molecule has 3 N–H and O–H groups in total. The van der Waals surface area contributed by atoms with E-state index in [0.29, 0.717) is 30.1 Å². The Morgan fingerprint density at radius 3 is 2.68 bits per heavy atom. The molecule has 0 spiro atoms. The Labute approximate surface area is 182 Å². The SMILES string of the molecule is COc1cccc(CNC(=O)C(CC(C)C)NC(=O)N2CC(=O)Nc3ccccc32)c1. The quantitative estimate of drug-likeness (QED) is 0.636. The Morgan fingerprint density at radius 2 is 1.94 bits per heavy atom. The van der Waals surface area contributed by atoms with Crippen LogP contribution >= 0.6 is 0 Å². The molecule has 1 aliphatic rings. The number of nitrogens with one attached hydrogen (secondary N) is 3. The number of methoxy groups -OCH3 is 1. The molecule has 2 aromatic rings. The van der Waals surface area contributed by atoms with Crippen LogP contribution < -0.4 is 25.6 Å². The fraction of sp³-hybridized carbons (Fsp3) is 0.348. The summed E-state index contributed by atoms with van der Waals surface area (Å²) in [6, 6.07) is 13.3. The molecular weight excluding hydrogens is 396 g/mol. The van der Waals surface area contributed by atoms with Crippen molar-refractivity contribution in [2.24, 2.45) is 5.92 Å². The molecule has 0 aromatic heterocycles. The molecule has 0 saturated carbocycles. The van der Waals surface area contributed by atoms with Crippen LogP contribution in [-0.2, 0) is 16.1 Å². The number of carbonyl (C=O) groups is 3. The van der Waals surface area contributed by atoms with E-state index in [1.165, 1.54) is 4.90 Å². The van der Waals surface area contributed by atoms with E-state index in [1.807, 2.05) is 38.1 Å². The first-order valence-electron chi connectivity index (χ1n) is 10.2. The molecule has 0 bridgehead atoms. The predicted molar refractivity (Wildman–Crippen MR) is 119 cm³/mol. The number of amides is 4. The van der Waals surface area contributed by atoms with E-state index in [9.17, 15) is 14.4 Å². The molecule has 4 amide bonds. The summed E-state index contributed by atoms with van der Waals surface area (Å²) in [6.45, 7) is 4.18. The van der Waals surface area contributed by atoms with Crippen molar-refractivity contribution in [1.82, 2.24) is 10.6 Å². The monoisotopic (exact) mass is 424 g/mol. The largest absolute Gasteiger partial charge is 0.497 e. The van der Waals surface area contributed by atoms with Gasteiger partial charge in [0.2, 0.25) is 11.8 Å². The Bertz CT molecular complexity index is 960. The highest BCUT2D eigenvalue weighted by Gasteiger charge is 2.30. The standard InChI is InChI=1S/C23H28N4O4/c1-15(2)11-19(22(29)24-13-16-7-6-8-17(12-16)31-3)26-23(30)27-14-21(28)25-18-9-4-5-10-20(18)27/h4-10,12,15,19H,11,13-14H2,1-3H3,(H,24,29)(H,25,28)(H,26,30). The molecule has 1 heterocycles. The molecule has 1 atom stereocenters. The third-order valence-electron chi connectivity index (χ3n) is 4.94. The average Bonchev–Trinajstić information content (AvgIpc) is 2.76. The van der Waals surface area contributed by atoms with Crippen LogP contribution in [0.3, 0.4) is 0 Å². The van der Waals surface area contributed by atoms with Crippen molar-refractivity contribution in [3.63, 3.8) is 0 Å². The van der Waals surface area contributed by atoms with Crippen LogP contribution in [0, 0.1) is 5.92 Å². The molecule has 2 aromatic carbocycles. The molecule has 8 nitrogen and oxygen atoms in total. The van der Waals surface area contributed by atoms with Gasteiger partial charge >= 0.3 is 6.03 Å². The fourth-order valence-corrected chi connectivity index (χ4v) is 3.44. The van der Waals surface area contributed by atoms with E-state index in [4.69, 9.17) is 4.74 Å². The molecule has 8 heteroatoms. The van der Waals surface area contributed by atoms with E-state index in [-0.39, 0.29) is 24.3 Å². The maximum absolute atomic E-state index is 13.0. The topological polar surface area (TPSA) is 99.8 Å². The first-order valence-corrected chi connectivity index (χ1v) is 10.2. The summed E-state index contributed by atoms with van der Waals surface area (Å²) in [5.74, 6) is 0.335. The lowest BCUT2D eigenvalue weighted by molar-refractivity contribution is -0.123. The van der Waals surface area contributed by atoms with Gasteiger partial charge in [-0.2, -0.15) is 0 Å². The first kappa shape index (κ1) is 22.1. The van der Waals surface area contributed by atoms with Gasteiger partial charge in [0.05, 0.1) is 18.5 Å². The summed E-state index contributed by atoms with van der Waals surface area (Å²) in [5, 5.41) is 8.44. The maximum atomic E-state index is 13.0. The van der Waals surface area contributed by atoms with Gasteiger partial charge in [0.1, 0.15) is 18.3 Å². The number of rotatable bonds is 7. The second-order valence-electron chi connectivity index (χ2n) is 7.85. The summed E-state index contributed by atoms with van der Waals surface area (Å²) < 4.78 is 5.21. The van der Waals surface area contributed by atoms with Crippen LogP contribution in [0.1, 0.15) is 25.8 Å². The summed E-state index contributed by atoms with van der Waals surface area (Å²) in [5.41, 5.74) is 2.06. The molecule has 164 valence electrons. The zero-order valence-corrected chi connectivity index (χ0v) is 18.0. The van der Waals surface area contributed by atoms with Crippen molar-refractivity contribution in [2.75, 3.05) is 23.9 Å². The zero-order valence-electron chi connectivity index (χ0n) is 18.0. The number of benzene rings is 2. The summed E-state index contributed by atoms with van der Waals surface area (Å²) in [7, 11) is 1.59. The van der Waals surface area contributed by atoms with Crippen LogP contribution in [0.4, 0.5) is 16.2 Å². The molecule has 0 fully saturated rings. The Morgan fingerprint density at radius 1 is 1.16 bits per heavy atom. The molecular formula is C23H28N4O4. The van der Waals surface area contributed by atoms with Gasteiger partial charge in [0.25, 0.3) is 0 Å². The number of hydrogen-bond acceptors (Lipinski definition) is 4. The van der Waals surface area contributed by atoms with Crippen LogP contribution in [0.25, 0.3) is 0 Å². The van der Waals surface area contributed by atoms with Crippen molar-refractivity contribution >= 4 is 29.2 Å². The van der Waals surface area contributed by atoms with Gasteiger partial charge in [-0.25, -0.2) is 4.79 Å². The number of fused-ring (bicyclic) bond motifs is 1. The highest BCUT2D eigenvalue weighted by molar-refractivity contribution is 6.10. The smallest absolute Gasteiger partial charge is 0.323 e. The second-order valence-corrected chi connectivity index (χ2v) is 7.85. The number of anilines is 2. The van der Waals surface area contributed by atoms with E-state index in [2.05, 4.69) is 16.0 Å². The molecule has 0 saturated heterocycles. The van der Waals surface area contributed by atoms with Crippen LogP contribution in [0.15, 0.2) is 48.5 Å². The number of urea groups is 1. The van der Waals surface area contributed by atoms with Crippen LogP contribution in [0.2, 0.25) is 0 Å². The van der Waals surface area contributed by atoms with Crippen molar-refractivity contribution in [1.29, 1.82) is 0 Å². The van der Waals surface area contributed by atoms with Crippen LogP contribution in [-0.4, -0.2) is 37.5 Å². The summed E-state index contributed by atoms with van der Waals surface area (Å²) >= 11 is 0. The highest BCUT2D eigenvalue weighted by Crippen LogP contribution is 2.28. The van der Waals surface area contributed by atoms with E-state index in [1.54, 1.807) is 31.4 Å². The van der Waals surface area contributed by atoms with Gasteiger partial charge in [-0.05, 0) is 42.2 Å². The molecule has 0 radical (unpaired) electrons. The van der Waals surface area contributed by atoms with E-state index < -0.39 is 12.1 Å². The molecule has 1 aliphatic heterocycles. The minimum absolute atomic E-state index is 0.108. The lowest BCUT2D eigenvalue weighted by atomic mass is 10.0. The number of ether oxygens (including phenoxy) is 1. The van der Waals surface area contributed by atoms with Crippen LogP contribution in [0.5, 0.6) is 5.75 Å². The van der Waals surface area contributed by atoms with E-state index in [0.717, 1.165) is 5.56 Å². The molecule has 3 rings (SSSR count). The first-order chi connectivity index (χ1) is 14.9. The molecule has 31 heavy (non-hydrogen) atoms. The fourth-order valence-electron chi connectivity index (χ4n) is 3.44. The Hall–Kier alpha value is -3.55. The molecule has 0 aliphatic carbocycles. The predicted octanol–water partition coefficient (Wildman–Crippen LogP) is 2.89. The summed E-state index contributed by atoms with van der Waals surface area (Å²) in [6.07, 6.45) is 0.470. The van der Waals surface area contributed by atoms with Crippen molar-refractivity contribution in [2.45, 2.75) is 32.9 Å². The highest BCUT2D eigenvalue weighted by atomic mass is 16.5. The zero-order chi connectivity index (χ0) is 22.4. The Kier molecular flexibility index (Phi) is 7.12. The summed E-state index contributed by atoms with van der Waals surface area (Å²) in [4.78, 5) is 39.3. The van der Waals surface area contributed by atoms with Gasteiger partial charge in [0, 0.05) is 6.54 Å².